The number of aromatic amines is 3. The molecular formula is C48H60N32O16. The number of nitrogens with two attached hydrogens (primary N) is 3. The van der Waals surface area contributed by atoms with Gasteiger partial charge in [0.25, 0.3) is 16.7 Å². The molecule has 5 aliphatic rings. The average Bonchev–Trinajstić information content (AvgIpc) is 1.64. The van der Waals surface area contributed by atoms with Gasteiger partial charge in [0.2, 0.25) is 5.95 Å². The van der Waals surface area contributed by atoms with E-state index in [-0.39, 0.29) is 68.8 Å². The summed E-state index contributed by atoms with van der Waals surface area (Å²) in [6.07, 6.45) is 4.03. The third-order valence-corrected chi connectivity index (χ3v) is 15.2. The van der Waals surface area contributed by atoms with Gasteiger partial charge in [-0.25, -0.2) is 34.0 Å². The van der Waals surface area contributed by atoms with E-state index in [0.29, 0.717) is 41.7 Å². The molecule has 0 aliphatic carbocycles. The molecule has 12 heterocycles. The van der Waals surface area contributed by atoms with Gasteiger partial charge >= 0.3 is 17.1 Å². The van der Waals surface area contributed by atoms with Crippen LogP contribution >= 0.6 is 0 Å². The van der Waals surface area contributed by atoms with Crippen molar-refractivity contribution in [3.63, 3.8) is 0 Å². The maximum atomic E-state index is 11.7. The summed E-state index contributed by atoms with van der Waals surface area (Å²) in [7, 11) is 0. The lowest BCUT2D eigenvalue weighted by Crippen LogP contribution is -2.33. The Morgan fingerprint density at radius 2 is 0.990 bits per heavy atom. The molecule has 0 saturated carbocycles. The van der Waals surface area contributed by atoms with Crippen molar-refractivity contribution in [2.75, 3.05) is 50.2 Å². The normalized spacial score (nSPS) is 26.1. The molecule has 7 aromatic heterocycles. The van der Waals surface area contributed by atoms with E-state index in [1.165, 1.54) is 61.6 Å². The van der Waals surface area contributed by atoms with Gasteiger partial charge < -0.3 is 66.4 Å². The average molecular weight is 1340 g/mol. The Kier molecular flexibility index (Phi) is 23.9. The monoisotopic (exact) mass is 1340 g/mol. The zero-order valence-electron chi connectivity index (χ0n) is 49.9. The van der Waals surface area contributed by atoms with Crippen molar-refractivity contribution in [3.05, 3.63) is 170 Å². The van der Waals surface area contributed by atoms with Crippen LogP contribution < -0.4 is 50.9 Å². The Morgan fingerprint density at radius 1 is 0.542 bits per heavy atom. The van der Waals surface area contributed by atoms with Crippen molar-refractivity contribution in [1.82, 2.24) is 67.9 Å². The second kappa shape index (κ2) is 32.5. The van der Waals surface area contributed by atoms with Gasteiger partial charge in [-0.05, 0) is 40.6 Å². The molecule has 48 nitrogen and oxygen atoms in total. The van der Waals surface area contributed by atoms with Crippen molar-refractivity contribution in [2.45, 2.75) is 131 Å². The van der Waals surface area contributed by atoms with Crippen LogP contribution in [0.2, 0.25) is 0 Å². The number of hydrogen-bond acceptors (Lipinski definition) is 30. The first-order valence-corrected chi connectivity index (χ1v) is 28.4. The molecular weight excluding hydrogens is 1280 g/mol. The van der Waals surface area contributed by atoms with Crippen LogP contribution in [0.5, 0.6) is 0 Å². The van der Waals surface area contributed by atoms with Crippen LogP contribution in [-0.4, -0.2) is 187 Å². The summed E-state index contributed by atoms with van der Waals surface area (Å²) in [5.74, 6) is 0.432. The Bertz CT molecular complexity index is 4520. The highest BCUT2D eigenvalue weighted by atomic mass is 16.5. The van der Waals surface area contributed by atoms with Crippen molar-refractivity contribution in [1.29, 1.82) is 0 Å². The van der Waals surface area contributed by atoms with Crippen LogP contribution in [0.25, 0.3) is 74.4 Å². The Hall–Kier alpha value is -11.3. The molecule has 0 radical (unpaired) electrons. The number of aliphatic hydroxyl groups excluding tert-OH is 5. The lowest BCUT2D eigenvalue weighted by atomic mass is 10.1. The molecule has 14 N–H and O–H groups in total. The third kappa shape index (κ3) is 16.4. The first kappa shape index (κ1) is 70.6. The second-order valence-electron chi connectivity index (χ2n) is 21.0. The zero-order chi connectivity index (χ0) is 69.3. The molecule has 5 aliphatic heterocycles. The number of nitrogens with zero attached hydrogens (tertiary/aromatic N) is 26. The molecule has 12 rings (SSSR count). The van der Waals surface area contributed by atoms with Crippen LogP contribution in [-0.2, 0) is 23.7 Å². The van der Waals surface area contributed by atoms with Crippen LogP contribution in [0.15, 0.2) is 104 Å². The second-order valence-corrected chi connectivity index (χ2v) is 21.0. The lowest BCUT2D eigenvalue weighted by molar-refractivity contribution is -0.0286. The summed E-state index contributed by atoms with van der Waals surface area (Å²) in [4.78, 5) is 109. The summed E-state index contributed by atoms with van der Waals surface area (Å²) >= 11 is 0. The molecule has 0 unspecified atom stereocenters. The topological polar surface area (TPSA) is 721 Å². The fourth-order valence-electron chi connectivity index (χ4n) is 10.5. The largest absolute Gasteiger partial charge is 0.394 e. The molecule has 48 heteroatoms. The molecule has 0 aromatic carbocycles. The highest BCUT2D eigenvalue weighted by Gasteiger charge is 2.40. The standard InChI is InChI=1S/C10H12N8O3.C10H12N8O2.C10H13N5O4.C9H12N6O3.C9H11N5O4/c11-10-14-8-7(9(20)15-10)13-3-18(8)6-1-4(16-17-12)5(2-19)21-6;11-9-5-2-15-18(10(5)14-4-13-9)8-1-6(16-17-12)7(3-19)20-8;1-5-3-15(10(18)12-9(5)17)8-2-6(13-14-11)7(4-16)19-8;10-7-1-2-15(9(17)12-7)8-3-5(13-14-11)6(4-16)18-8;10-13-12-5-3-8(18-6(5)4-15)14-2-1-7(16)11-9(14)17/h3-6,19H,1-2H2,(H3,11,14,15,20);2,4,6-8,19H,1,3H2,(H2,11,13,14);3,6-8,16H,2,4H2,1H3,(H,12,17,18);1-2,5-6,8,16H,3-4H2,(H2,10,12,17);1-2,5-6,8,15H,3-4H2,(H,11,16,17)/t4-,5-,6-;2*6-,7-,8-;2*5-,6-,8-/m11111/s1. The molecule has 7 aromatic rings. The molecule has 0 amide bonds. The maximum Gasteiger partial charge on any atom is 0.351 e. The van der Waals surface area contributed by atoms with Crippen molar-refractivity contribution >= 4 is 39.8 Å². The van der Waals surface area contributed by atoms with Gasteiger partial charge in [-0.3, -0.25) is 47.6 Å². The number of H-pyrrole nitrogens is 3. The number of aryl methyl sites for hydroxylation is 1. The lowest BCUT2D eigenvalue weighted by Gasteiger charge is -2.14. The number of hydrogen-bond donors (Lipinski definition) is 11. The molecule has 96 heavy (non-hydrogen) atoms. The molecule has 15 atom stereocenters. The predicted octanol–water partition coefficient (Wildman–Crippen LogP) is -0.889. The van der Waals surface area contributed by atoms with Gasteiger partial charge in [-0.2, -0.15) is 15.1 Å². The van der Waals surface area contributed by atoms with E-state index in [1.54, 1.807) is 17.8 Å². The first-order chi connectivity index (χ1) is 46.2. The number of fused-ring (bicyclic) bond motifs is 2. The number of anilines is 3. The minimum atomic E-state index is -0.671. The maximum absolute atomic E-state index is 11.7. The number of aliphatic hydroxyl groups is 5. The number of imidazole rings is 1. The van der Waals surface area contributed by atoms with E-state index in [9.17, 15) is 39.0 Å². The van der Waals surface area contributed by atoms with Crippen LogP contribution in [0, 0.1) is 6.92 Å². The quantitative estimate of drug-likeness (QED) is 0.0337. The number of rotatable bonds is 15. The third-order valence-electron chi connectivity index (χ3n) is 15.2. The molecule has 0 bridgehead atoms. The number of aromatic nitrogens is 14. The highest BCUT2D eigenvalue weighted by molar-refractivity contribution is 5.84. The van der Waals surface area contributed by atoms with E-state index in [4.69, 9.17) is 83.9 Å². The van der Waals surface area contributed by atoms with E-state index in [0.717, 1.165) is 0 Å². The van der Waals surface area contributed by atoms with E-state index < -0.39 is 126 Å². The van der Waals surface area contributed by atoms with Gasteiger partial charge in [0.15, 0.2) is 23.0 Å². The Morgan fingerprint density at radius 3 is 1.47 bits per heavy atom. The SMILES string of the molecule is Cc1cn([C@H]2C[C@@H](N=[N+]=[N-])[C@@H](CO)O2)c(=O)[nH]c1=O.[N-]=[N+]=N[C@@H]1C[C@H](n2ccc(=O)[nH]c2=O)O[C@@H]1CO.[N-]=[N+]=N[C@@H]1C[C@H](n2ccc(N)nc2=O)O[C@@H]1CO.[N-]=[N+]=N[C@@H]1C[C@H](n2cnc3c(=O)[nH]c(N)nc32)O[C@@H]1CO.[N-]=[N+]=N[C@@H]1C[C@H](n2ncc3c(N)ncnc32)O[C@@H]1CO. The van der Waals surface area contributed by atoms with Crippen molar-refractivity contribution in [2.24, 2.45) is 25.6 Å². The smallest absolute Gasteiger partial charge is 0.351 e. The Balaban J connectivity index is 0.000000154. The summed E-state index contributed by atoms with van der Waals surface area (Å²) in [6, 6.07) is 0.145. The number of azide groups is 5. The molecule has 508 valence electrons. The minimum absolute atomic E-state index is 0.0300. The van der Waals surface area contributed by atoms with Crippen LogP contribution in [0.4, 0.5) is 17.6 Å². The minimum Gasteiger partial charge on any atom is -0.394 e. The van der Waals surface area contributed by atoms with Crippen molar-refractivity contribution < 1.29 is 49.2 Å². The summed E-state index contributed by atoms with van der Waals surface area (Å²) in [6.45, 7) is 0.171. The summed E-state index contributed by atoms with van der Waals surface area (Å²) in [5, 5.41) is 68.5. The molecule has 0 spiro atoms. The Labute approximate surface area is 532 Å². The molecule has 5 saturated heterocycles. The number of ether oxygens (including phenoxy) is 5. The van der Waals surface area contributed by atoms with Gasteiger partial charge in [-0.15, -0.1) is 0 Å². The van der Waals surface area contributed by atoms with E-state index in [1.807, 2.05) is 0 Å². The highest BCUT2D eigenvalue weighted by Crippen LogP contribution is 2.36. The predicted molar refractivity (Wildman–Crippen MR) is 325 cm³/mol. The van der Waals surface area contributed by atoms with Crippen molar-refractivity contribution in [3.8, 4) is 0 Å². The molecule has 5 fully saturated rings. The van der Waals surface area contributed by atoms with Gasteiger partial charge in [0, 0.05) is 86.9 Å². The summed E-state index contributed by atoms with van der Waals surface area (Å²) in [5.41, 5.74) is 57.1. The number of nitrogens with one attached hydrogen (secondary N) is 3. The summed E-state index contributed by atoms with van der Waals surface area (Å²) < 4.78 is 34.4. The fraction of sp³-hybridized carbons (Fsp3) is 0.542. The zero-order valence-corrected chi connectivity index (χ0v) is 49.9. The number of nitrogen functional groups attached to an aromatic ring is 3. The van der Waals surface area contributed by atoms with E-state index in [2.05, 4.69) is 95.1 Å². The first-order valence-electron chi connectivity index (χ1n) is 28.4. The van der Waals surface area contributed by atoms with Gasteiger partial charge in [-0.1, -0.05) is 25.6 Å². The van der Waals surface area contributed by atoms with Gasteiger partial charge in [0.1, 0.15) is 42.9 Å². The van der Waals surface area contributed by atoms with Crippen LogP contribution in [0.1, 0.15) is 68.8 Å². The van der Waals surface area contributed by atoms with E-state index >= 15 is 0 Å². The van der Waals surface area contributed by atoms with Gasteiger partial charge in [0.05, 0.1) is 112 Å². The van der Waals surface area contributed by atoms with Crippen LogP contribution in [0.3, 0.4) is 0 Å². The fourth-order valence-corrected chi connectivity index (χ4v) is 10.5.